The first kappa shape index (κ1) is 22.5. The maximum atomic E-state index is 10.8. The Kier molecular flexibility index (Phi) is 7.90. The molecule has 0 aliphatic heterocycles. The molecular weight excluding hydrogens is 382 g/mol. The number of rotatable bonds is 11. The zero-order valence-corrected chi connectivity index (χ0v) is 18.4. The van der Waals surface area contributed by atoms with E-state index in [-0.39, 0.29) is 29.3 Å². The molecule has 29 heavy (non-hydrogen) atoms. The normalized spacial score (nSPS) is 29.2. The van der Waals surface area contributed by atoms with Crippen molar-refractivity contribution in [3.8, 4) is 6.07 Å². The van der Waals surface area contributed by atoms with Crippen LogP contribution in [0.25, 0.3) is 0 Å². The van der Waals surface area contributed by atoms with Crippen LogP contribution in [0.5, 0.6) is 0 Å². The Morgan fingerprint density at radius 2 is 2.07 bits per heavy atom. The number of nitrogens with zero attached hydrogens (tertiary/aromatic N) is 1. The van der Waals surface area contributed by atoms with Gasteiger partial charge in [0.1, 0.15) is 0 Å². The SMILES string of the molecule is CCC1(C(O)CCCC2[C@@H](CCCc3ccc(C=O)s3)C(C#N)C[C@H]2O)CCC1. The molecule has 0 aromatic carbocycles. The number of aliphatic hydroxyl groups is 2. The van der Waals surface area contributed by atoms with Crippen LogP contribution >= 0.6 is 11.3 Å². The molecule has 4 nitrogen and oxygen atoms in total. The van der Waals surface area contributed by atoms with Gasteiger partial charge in [0.2, 0.25) is 0 Å². The third kappa shape index (κ3) is 5.10. The molecule has 0 saturated heterocycles. The zero-order valence-electron chi connectivity index (χ0n) is 17.6. The fraction of sp³-hybridized carbons (Fsp3) is 0.750. The molecule has 0 spiro atoms. The molecule has 3 unspecified atom stereocenters. The number of aliphatic hydroxyl groups excluding tert-OH is 2. The zero-order chi connectivity index (χ0) is 20.9. The van der Waals surface area contributed by atoms with Crippen molar-refractivity contribution >= 4 is 17.6 Å². The predicted molar refractivity (Wildman–Crippen MR) is 116 cm³/mol. The van der Waals surface area contributed by atoms with Crippen molar-refractivity contribution in [1.29, 1.82) is 5.26 Å². The van der Waals surface area contributed by atoms with E-state index in [4.69, 9.17) is 0 Å². The van der Waals surface area contributed by atoms with E-state index in [1.54, 1.807) is 11.3 Å². The fourth-order valence-corrected chi connectivity index (χ4v) is 6.54. The van der Waals surface area contributed by atoms with Gasteiger partial charge in [-0.15, -0.1) is 11.3 Å². The number of carbonyl (C=O) groups is 1. The molecule has 2 saturated carbocycles. The van der Waals surface area contributed by atoms with Crippen LogP contribution in [-0.4, -0.2) is 28.7 Å². The second-order valence-corrected chi connectivity index (χ2v) is 10.4. The fourth-order valence-electron chi connectivity index (χ4n) is 5.67. The standard InChI is InChI=1S/C24H35NO3S/c1-2-24(12-5-13-24)23(28)9-4-8-21-20(17(15-25)14-22(21)27)7-3-6-18-10-11-19(16-26)29-18/h10-11,16-17,20-23,27-28H,2-9,12-14H2,1H3/t17?,20-,21?,22+,23?/m0/s1. The van der Waals surface area contributed by atoms with Gasteiger partial charge >= 0.3 is 0 Å². The van der Waals surface area contributed by atoms with Crippen molar-refractivity contribution < 1.29 is 15.0 Å². The largest absolute Gasteiger partial charge is 0.393 e. The summed E-state index contributed by atoms with van der Waals surface area (Å²) in [5.41, 5.74) is 0.143. The van der Waals surface area contributed by atoms with E-state index in [9.17, 15) is 20.3 Å². The molecule has 2 aliphatic carbocycles. The Balaban J connectivity index is 1.50. The Labute approximate surface area is 179 Å². The van der Waals surface area contributed by atoms with Gasteiger partial charge in [-0.2, -0.15) is 5.26 Å². The average Bonchev–Trinajstić information content (AvgIpc) is 3.26. The van der Waals surface area contributed by atoms with Crippen molar-refractivity contribution in [3.05, 3.63) is 21.9 Å². The molecule has 2 aliphatic rings. The summed E-state index contributed by atoms with van der Waals surface area (Å²) in [6.07, 6.45) is 10.9. The third-order valence-electron chi connectivity index (χ3n) is 7.76. The van der Waals surface area contributed by atoms with Crippen LogP contribution in [0.1, 0.15) is 85.7 Å². The first-order valence-corrected chi connectivity index (χ1v) is 12.1. The molecule has 2 N–H and O–H groups in total. The first-order valence-electron chi connectivity index (χ1n) is 11.3. The molecule has 0 bridgehead atoms. The molecule has 5 atom stereocenters. The molecular formula is C24H35NO3S. The van der Waals surface area contributed by atoms with E-state index in [1.807, 2.05) is 12.1 Å². The summed E-state index contributed by atoms with van der Waals surface area (Å²) in [7, 11) is 0. The molecule has 1 aromatic heterocycles. The highest BCUT2D eigenvalue weighted by Gasteiger charge is 2.43. The van der Waals surface area contributed by atoms with Crippen molar-refractivity contribution in [2.24, 2.45) is 23.2 Å². The highest BCUT2D eigenvalue weighted by atomic mass is 32.1. The number of thiophene rings is 1. The van der Waals surface area contributed by atoms with Gasteiger partial charge in [-0.3, -0.25) is 4.79 Å². The summed E-state index contributed by atoms with van der Waals surface area (Å²) in [4.78, 5) is 12.8. The first-order chi connectivity index (χ1) is 14.0. The van der Waals surface area contributed by atoms with Crippen LogP contribution in [0.3, 0.4) is 0 Å². The van der Waals surface area contributed by atoms with Gasteiger partial charge in [0.25, 0.3) is 0 Å². The highest BCUT2D eigenvalue weighted by molar-refractivity contribution is 7.13. The summed E-state index contributed by atoms with van der Waals surface area (Å²) in [6.45, 7) is 2.18. The lowest BCUT2D eigenvalue weighted by Crippen LogP contribution is -2.40. The van der Waals surface area contributed by atoms with Crippen LogP contribution in [0, 0.1) is 34.5 Å². The van der Waals surface area contributed by atoms with Gasteiger partial charge in [0, 0.05) is 4.88 Å². The van der Waals surface area contributed by atoms with E-state index in [0.29, 0.717) is 6.42 Å². The van der Waals surface area contributed by atoms with Crippen LogP contribution in [0.4, 0.5) is 0 Å². The third-order valence-corrected chi connectivity index (χ3v) is 8.83. The number of aryl methyl sites for hydroxylation is 1. The minimum Gasteiger partial charge on any atom is -0.393 e. The second-order valence-electron chi connectivity index (χ2n) is 9.20. The monoisotopic (exact) mass is 417 g/mol. The number of hydrogen-bond acceptors (Lipinski definition) is 5. The molecule has 0 radical (unpaired) electrons. The number of aldehydes is 1. The van der Waals surface area contributed by atoms with Crippen molar-refractivity contribution in [2.75, 3.05) is 0 Å². The van der Waals surface area contributed by atoms with Crippen LogP contribution in [-0.2, 0) is 6.42 Å². The molecule has 2 fully saturated rings. The Morgan fingerprint density at radius 1 is 1.31 bits per heavy atom. The minimum atomic E-state index is -0.394. The van der Waals surface area contributed by atoms with Gasteiger partial charge in [0.15, 0.2) is 6.29 Å². The summed E-state index contributed by atoms with van der Waals surface area (Å²) in [5.74, 6) is 0.337. The lowest BCUT2D eigenvalue weighted by atomic mass is 9.62. The van der Waals surface area contributed by atoms with E-state index in [2.05, 4.69) is 13.0 Å². The van der Waals surface area contributed by atoms with E-state index >= 15 is 0 Å². The smallest absolute Gasteiger partial charge is 0.160 e. The molecule has 1 heterocycles. The lowest BCUT2D eigenvalue weighted by molar-refractivity contribution is -0.0444. The molecule has 1 aromatic rings. The van der Waals surface area contributed by atoms with Crippen molar-refractivity contribution in [2.45, 2.75) is 89.8 Å². The Hall–Kier alpha value is -1.22. The van der Waals surface area contributed by atoms with Crippen LogP contribution in [0.15, 0.2) is 12.1 Å². The van der Waals surface area contributed by atoms with E-state index in [1.165, 1.54) is 11.3 Å². The maximum Gasteiger partial charge on any atom is 0.160 e. The molecule has 5 heteroatoms. The summed E-state index contributed by atoms with van der Waals surface area (Å²) < 4.78 is 0. The van der Waals surface area contributed by atoms with Gasteiger partial charge in [-0.05, 0) is 87.2 Å². The van der Waals surface area contributed by atoms with E-state index in [0.717, 1.165) is 69.0 Å². The minimum absolute atomic E-state index is 0.0672. The topological polar surface area (TPSA) is 81.3 Å². The van der Waals surface area contributed by atoms with Gasteiger partial charge in [0.05, 0.1) is 29.1 Å². The van der Waals surface area contributed by atoms with E-state index < -0.39 is 6.10 Å². The quantitative estimate of drug-likeness (QED) is 0.489. The van der Waals surface area contributed by atoms with Crippen molar-refractivity contribution in [3.63, 3.8) is 0 Å². The lowest BCUT2D eigenvalue weighted by Gasteiger charge is -2.45. The average molecular weight is 418 g/mol. The van der Waals surface area contributed by atoms with Crippen LogP contribution in [0.2, 0.25) is 0 Å². The molecule has 160 valence electrons. The predicted octanol–water partition coefficient (Wildman–Crippen LogP) is 5.13. The van der Waals surface area contributed by atoms with Gasteiger partial charge in [-0.25, -0.2) is 0 Å². The van der Waals surface area contributed by atoms with Crippen LogP contribution < -0.4 is 0 Å². The number of hydrogen-bond donors (Lipinski definition) is 2. The number of carbonyl (C=O) groups excluding carboxylic acids is 1. The Morgan fingerprint density at radius 3 is 2.66 bits per heavy atom. The maximum absolute atomic E-state index is 10.8. The van der Waals surface area contributed by atoms with Gasteiger partial charge in [-0.1, -0.05) is 19.8 Å². The van der Waals surface area contributed by atoms with Crippen molar-refractivity contribution in [1.82, 2.24) is 0 Å². The molecule has 3 rings (SSSR count). The van der Waals surface area contributed by atoms with Gasteiger partial charge < -0.3 is 10.2 Å². The summed E-state index contributed by atoms with van der Waals surface area (Å²) in [5, 5.41) is 30.8. The number of nitriles is 1. The second kappa shape index (κ2) is 10.2. The Bertz CT molecular complexity index is 700. The summed E-state index contributed by atoms with van der Waals surface area (Å²) >= 11 is 1.54. The highest BCUT2D eigenvalue weighted by Crippen LogP contribution is 2.48. The molecule has 0 amide bonds. The summed E-state index contributed by atoms with van der Waals surface area (Å²) in [6, 6.07) is 6.32.